The molecule has 3 N–H and O–H groups in total. The van der Waals surface area contributed by atoms with E-state index in [-0.39, 0.29) is 5.69 Å². The number of benzene rings is 2. The van der Waals surface area contributed by atoms with Crippen LogP contribution in [0.4, 0.5) is 0 Å². The number of hydrogen-bond donors (Lipinski definition) is 2. The molecule has 3 rings (SSSR count). The highest BCUT2D eigenvalue weighted by Gasteiger charge is 2.14. The Morgan fingerprint density at radius 1 is 1.12 bits per heavy atom. The van der Waals surface area contributed by atoms with Crippen molar-refractivity contribution < 1.29 is 9.53 Å². The maximum Gasteiger partial charge on any atom is 0.271 e. The van der Waals surface area contributed by atoms with Gasteiger partial charge in [0.15, 0.2) is 5.69 Å². The molecule has 0 atom stereocenters. The normalized spacial score (nSPS) is 10.1. The lowest BCUT2D eigenvalue weighted by atomic mass is 10.1. The second kappa shape index (κ2) is 6.62. The van der Waals surface area contributed by atoms with Crippen LogP contribution >= 0.6 is 0 Å². The summed E-state index contributed by atoms with van der Waals surface area (Å²) in [6.45, 7) is 0.390. The number of ether oxygens (including phenoxy) is 1. The Bertz CT molecular complexity index is 892. The van der Waals surface area contributed by atoms with Gasteiger partial charge in [-0.25, -0.2) is 0 Å². The summed E-state index contributed by atoms with van der Waals surface area (Å²) in [5.41, 5.74) is 8.04. The summed E-state index contributed by atoms with van der Waals surface area (Å²) in [5.74, 6) is 0.0344. The first-order chi connectivity index (χ1) is 11.7. The minimum Gasteiger partial charge on any atom is -0.489 e. The second-order valence-corrected chi connectivity index (χ2v) is 5.01. The van der Waals surface area contributed by atoms with Crippen LogP contribution in [0.3, 0.4) is 0 Å². The summed E-state index contributed by atoms with van der Waals surface area (Å²) in [7, 11) is 0. The minimum atomic E-state index is -0.639. The van der Waals surface area contributed by atoms with E-state index in [1.807, 2.05) is 12.1 Å². The Hall–Kier alpha value is -3.66. The lowest BCUT2D eigenvalue weighted by molar-refractivity contribution is 0.0996. The number of hydrogen-bond acceptors (Lipinski definition) is 5. The average molecular weight is 319 g/mol. The van der Waals surface area contributed by atoms with Gasteiger partial charge < -0.3 is 10.5 Å². The zero-order valence-corrected chi connectivity index (χ0v) is 12.6. The molecule has 0 aliphatic carbocycles. The van der Waals surface area contributed by atoms with Gasteiger partial charge in [-0.15, -0.1) is 0 Å². The van der Waals surface area contributed by atoms with Crippen LogP contribution in [0.5, 0.6) is 5.75 Å². The molecule has 1 aromatic heterocycles. The zero-order chi connectivity index (χ0) is 16.9. The van der Waals surface area contributed by atoms with E-state index in [4.69, 9.17) is 15.7 Å². The lowest BCUT2D eigenvalue weighted by Gasteiger charge is -2.07. The highest BCUT2D eigenvalue weighted by Crippen LogP contribution is 2.23. The number of amides is 1. The van der Waals surface area contributed by atoms with Gasteiger partial charge >= 0.3 is 0 Å². The quantitative estimate of drug-likeness (QED) is 0.746. The highest BCUT2D eigenvalue weighted by atomic mass is 16.5. The molecular weight excluding hydrogens is 306 g/mol. The van der Waals surface area contributed by atoms with Crippen LogP contribution in [0.15, 0.2) is 48.5 Å². The molecule has 1 amide bonds. The molecule has 0 saturated heterocycles. The van der Waals surface area contributed by atoms with E-state index >= 15 is 0 Å². The highest BCUT2D eigenvalue weighted by molar-refractivity contribution is 5.96. The first kappa shape index (κ1) is 15.2. The van der Waals surface area contributed by atoms with E-state index in [0.29, 0.717) is 29.2 Å². The molecule has 0 radical (unpaired) electrons. The third kappa shape index (κ3) is 3.23. The fourth-order valence-corrected chi connectivity index (χ4v) is 2.16. The molecule has 0 saturated carbocycles. The molecule has 1 heterocycles. The van der Waals surface area contributed by atoms with Crippen molar-refractivity contribution in [2.24, 2.45) is 5.73 Å². The Kier molecular flexibility index (Phi) is 4.21. The van der Waals surface area contributed by atoms with Gasteiger partial charge in [0, 0.05) is 5.56 Å². The first-order valence-electron chi connectivity index (χ1n) is 7.10. The van der Waals surface area contributed by atoms with Crippen LogP contribution in [0.1, 0.15) is 21.6 Å². The van der Waals surface area contributed by atoms with Gasteiger partial charge in [-0.05, 0) is 42.0 Å². The fourth-order valence-electron chi connectivity index (χ4n) is 2.16. The van der Waals surface area contributed by atoms with Crippen molar-refractivity contribution >= 4 is 5.91 Å². The van der Waals surface area contributed by atoms with Crippen LogP contribution < -0.4 is 10.5 Å². The van der Waals surface area contributed by atoms with Crippen molar-refractivity contribution in [1.29, 1.82) is 5.26 Å². The van der Waals surface area contributed by atoms with E-state index < -0.39 is 5.91 Å². The maximum absolute atomic E-state index is 11.3. The Labute approximate surface area is 137 Å². The van der Waals surface area contributed by atoms with E-state index in [9.17, 15) is 4.79 Å². The monoisotopic (exact) mass is 319 g/mol. The van der Waals surface area contributed by atoms with Crippen LogP contribution in [0, 0.1) is 11.3 Å². The van der Waals surface area contributed by atoms with Gasteiger partial charge in [-0.1, -0.05) is 12.1 Å². The van der Waals surface area contributed by atoms with E-state index in [2.05, 4.69) is 21.5 Å². The molecule has 2 aromatic carbocycles. The summed E-state index contributed by atoms with van der Waals surface area (Å²) < 4.78 is 5.70. The smallest absolute Gasteiger partial charge is 0.271 e. The van der Waals surface area contributed by atoms with E-state index in [0.717, 1.165) is 5.56 Å². The topological polar surface area (TPSA) is 118 Å². The molecule has 7 nitrogen and oxygen atoms in total. The van der Waals surface area contributed by atoms with Crippen molar-refractivity contribution in [3.63, 3.8) is 0 Å². The summed E-state index contributed by atoms with van der Waals surface area (Å²) in [5, 5.41) is 18.8. The summed E-state index contributed by atoms with van der Waals surface area (Å²) in [6.07, 6.45) is 0. The average Bonchev–Trinajstić information content (AvgIpc) is 3.11. The number of primary amides is 1. The van der Waals surface area contributed by atoms with Crippen molar-refractivity contribution in [2.45, 2.75) is 6.61 Å². The number of H-pyrrole nitrogens is 1. The molecule has 0 bridgehead atoms. The Morgan fingerprint density at radius 3 is 2.46 bits per heavy atom. The van der Waals surface area contributed by atoms with Crippen molar-refractivity contribution in [3.05, 3.63) is 65.4 Å². The number of nitrogens with two attached hydrogens (primary N) is 1. The van der Waals surface area contributed by atoms with Gasteiger partial charge in [0.1, 0.15) is 18.1 Å². The lowest BCUT2D eigenvalue weighted by Crippen LogP contribution is -2.12. The van der Waals surface area contributed by atoms with Crippen LogP contribution in [0.2, 0.25) is 0 Å². The molecule has 0 aliphatic rings. The molecule has 7 heteroatoms. The molecule has 118 valence electrons. The maximum atomic E-state index is 11.3. The van der Waals surface area contributed by atoms with Gasteiger partial charge in [0.05, 0.1) is 11.6 Å². The third-order valence-electron chi connectivity index (χ3n) is 3.40. The summed E-state index contributed by atoms with van der Waals surface area (Å²) in [4.78, 5) is 11.3. The number of nitrogens with one attached hydrogen (secondary N) is 1. The molecule has 0 aliphatic heterocycles. The number of rotatable bonds is 5. The molecule has 24 heavy (non-hydrogen) atoms. The number of nitriles is 1. The standard InChI is InChI=1S/C17H13N5O2/c18-9-11-1-3-12(4-2-11)10-24-14-7-5-13(6-8-14)15-16(17(19)23)21-22-20-15/h1-8H,10H2,(H2,19,23)(H,20,21,22). The minimum absolute atomic E-state index is 0.0984. The van der Waals surface area contributed by atoms with Crippen LogP contribution in [-0.2, 0) is 6.61 Å². The molecular formula is C17H13N5O2. The number of nitrogens with zero attached hydrogens (tertiary/aromatic N) is 3. The van der Waals surface area contributed by atoms with Gasteiger partial charge in [0.2, 0.25) is 0 Å². The number of aromatic amines is 1. The predicted octanol–water partition coefficient (Wildman–Crippen LogP) is 2.02. The Morgan fingerprint density at radius 2 is 1.83 bits per heavy atom. The number of carbonyl (C=O) groups is 1. The van der Waals surface area contributed by atoms with Crippen molar-refractivity contribution in [2.75, 3.05) is 0 Å². The van der Waals surface area contributed by atoms with Crippen molar-refractivity contribution in [3.8, 4) is 23.1 Å². The van der Waals surface area contributed by atoms with Gasteiger partial charge in [0.25, 0.3) is 5.91 Å². The molecule has 0 spiro atoms. The zero-order valence-electron chi connectivity index (χ0n) is 12.6. The third-order valence-corrected chi connectivity index (χ3v) is 3.40. The number of carbonyl (C=O) groups excluding carboxylic acids is 1. The summed E-state index contributed by atoms with van der Waals surface area (Å²) in [6, 6.07) is 16.4. The summed E-state index contributed by atoms with van der Waals surface area (Å²) >= 11 is 0. The van der Waals surface area contributed by atoms with Crippen molar-refractivity contribution in [1.82, 2.24) is 15.4 Å². The fraction of sp³-hybridized carbons (Fsp3) is 0.0588. The Balaban J connectivity index is 1.69. The van der Waals surface area contributed by atoms with Gasteiger partial charge in [-0.2, -0.15) is 20.7 Å². The first-order valence-corrected chi connectivity index (χ1v) is 7.10. The number of aromatic nitrogens is 3. The SMILES string of the molecule is N#Cc1ccc(COc2ccc(-c3n[nH]nc3C(N)=O)cc2)cc1. The van der Waals surface area contributed by atoms with E-state index in [1.165, 1.54) is 0 Å². The predicted molar refractivity (Wildman–Crippen MR) is 85.8 cm³/mol. The van der Waals surface area contributed by atoms with Crippen LogP contribution in [0.25, 0.3) is 11.3 Å². The second-order valence-electron chi connectivity index (χ2n) is 5.01. The molecule has 3 aromatic rings. The van der Waals surface area contributed by atoms with E-state index in [1.54, 1.807) is 36.4 Å². The largest absolute Gasteiger partial charge is 0.489 e. The van der Waals surface area contributed by atoms with Gasteiger partial charge in [-0.3, -0.25) is 4.79 Å². The molecule has 0 fully saturated rings. The van der Waals surface area contributed by atoms with Crippen LogP contribution in [-0.4, -0.2) is 21.3 Å². The molecule has 0 unspecified atom stereocenters.